The third-order valence-electron chi connectivity index (χ3n) is 6.01. The Morgan fingerprint density at radius 3 is 2.57 bits per heavy atom. The molecule has 1 spiro atoms. The second kappa shape index (κ2) is 8.23. The minimum absolute atomic E-state index is 0.156. The highest BCUT2D eigenvalue weighted by atomic mass is 16.5. The zero-order chi connectivity index (χ0) is 19.4. The number of methoxy groups -OCH3 is 1. The van der Waals surface area contributed by atoms with Crippen molar-refractivity contribution in [3.05, 3.63) is 59.7 Å². The van der Waals surface area contributed by atoms with Crippen molar-refractivity contribution in [2.75, 3.05) is 32.1 Å². The third kappa shape index (κ3) is 4.30. The van der Waals surface area contributed by atoms with Crippen LogP contribution in [0.4, 0.5) is 5.69 Å². The van der Waals surface area contributed by atoms with Gasteiger partial charge in [-0.05, 0) is 48.6 Å². The number of ether oxygens (including phenoxy) is 1. The molecule has 0 unspecified atom stereocenters. The van der Waals surface area contributed by atoms with Crippen LogP contribution in [-0.2, 0) is 17.8 Å². The predicted octanol–water partition coefficient (Wildman–Crippen LogP) is 3.20. The number of fused-ring (bicyclic) bond motifs is 1. The molecule has 5 nitrogen and oxygen atoms in total. The first kappa shape index (κ1) is 18.8. The summed E-state index contributed by atoms with van der Waals surface area (Å²) >= 11 is 0. The van der Waals surface area contributed by atoms with Crippen LogP contribution in [0.15, 0.2) is 48.5 Å². The molecule has 5 heteroatoms. The van der Waals surface area contributed by atoms with Gasteiger partial charge in [0.1, 0.15) is 5.75 Å². The van der Waals surface area contributed by atoms with Crippen LogP contribution >= 0.6 is 0 Å². The number of amides is 1. The van der Waals surface area contributed by atoms with E-state index in [4.69, 9.17) is 4.74 Å². The summed E-state index contributed by atoms with van der Waals surface area (Å²) in [4.78, 5) is 14.9. The average molecular weight is 380 g/mol. The van der Waals surface area contributed by atoms with Crippen LogP contribution in [-0.4, -0.2) is 43.1 Å². The number of rotatable bonds is 3. The number of carbonyl (C=O) groups is 1. The molecule has 0 aliphatic carbocycles. The van der Waals surface area contributed by atoms with E-state index < -0.39 is 0 Å². The summed E-state index contributed by atoms with van der Waals surface area (Å²) in [6.45, 7) is 3.60. The molecule has 2 aromatic carbocycles. The van der Waals surface area contributed by atoms with E-state index >= 15 is 0 Å². The third-order valence-corrected chi connectivity index (χ3v) is 6.01. The van der Waals surface area contributed by atoms with Crippen molar-refractivity contribution in [2.24, 2.45) is 0 Å². The zero-order valence-corrected chi connectivity index (χ0v) is 16.5. The van der Waals surface area contributed by atoms with Gasteiger partial charge < -0.3 is 15.4 Å². The van der Waals surface area contributed by atoms with Gasteiger partial charge in [0, 0.05) is 43.8 Å². The van der Waals surface area contributed by atoms with E-state index in [9.17, 15) is 4.79 Å². The summed E-state index contributed by atoms with van der Waals surface area (Å²) in [7, 11) is 1.69. The van der Waals surface area contributed by atoms with E-state index in [-0.39, 0.29) is 11.4 Å². The quantitative estimate of drug-likeness (QED) is 0.860. The maximum atomic E-state index is 12.5. The van der Waals surface area contributed by atoms with Crippen LogP contribution in [0, 0.1) is 0 Å². The van der Waals surface area contributed by atoms with Gasteiger partial charge in [-0.1, -0.05) is 30.3 Å². The largest absolute Gasteiger partial charge is 0.497 e. The Balaban J connectivity index is 1.45. The van der Waals surface area contributed by atoms with Crippen molar-refractivity contribution in [2.45, 2.75) is 37.8 Å². The van der Waals surface area contributed by atoms with Gasteiger partial charge in [0.2, 0.25) is 5.91 Å². The monoisotopic (exact) mass is 379 g/mol. The lowest BCUT2D eigenvalue weighted by Gasteiger charge is -2.43. The summed E-state index contributed by atoms with van der Waals surface area (Å²) in [6.07, 6.45) is 3.34. The first-order chi connectivity index (χ1) is 13.7. The van der Waals surface area contributed by atoms with Crippen molar-refractivity contribution in [3.8, 4) is 5.75 Å². The fourth-order valence-corrected chi connectivity index (χ4v) is 4.33. The Kier molecular flexibility index (Phi) is 5.53. The van der Waals surface area contributed by atoms with Crippen LogP contribution in [0.3, 0.4) is 0 Å². The van der Waals surface area contributed by atoms with Gasteiger partial charge in [-0.15, -0.1) is 0 Å². The van der Waals surface area contributed by atoms with Gasteiger partial charge in [0.25, 0.3) is 0 Å². The van der Waals surface area contributed by atoms with Crippen molar-refractivity contribution in [1.29, 1.82) is 0 Å². The molecule has 2 aromatic rings. The SMILES string of the molecule is COc1ccc(CN2CCC3(CC2)CC(=O)NCCc2ccccc2N3)cc1. The minimum Gasteiger partial charge on any atom is -0.497 e. The average Bonchev–Trinajstić information content (AvgIpc) is 2.77. The molecule has 2 N–H and O–H groups in total. The van der Waals surface area contributed by atoms with Gasteiger partial charge in [-0.25, -0.2) is 0 Å². The normalized spacial score (nSPS) is 19.5. The molecule has 0 radical (unpaired) electrons. The molecule has 28 heavy (non-hydrogen) atoms. The fourth-order valence-electron chi connectivity index (χ4n) is 4.33. The number of hydrogen-bond donors (Lipinski definition) is 2. The molecule has 0 saturated carbocycles. The standard InChI is InChI=1S/C23H29N3O2/c1-28-20-8-6-18(7-9-20)17-26-14-11-23(12-15-26)16-22(27)24-13-10-19-4-2-3-5-21(19)25-23/h2-9,25H,10-17H2,1H3,(H,24,27). The van der Waals surface area contributed by atoms with E-state index in [1.165, 1.54) is 16.8 Å². The number of nitrogens with one attached hydrogen (secondary N) is 2. The number of para-hydroxylation sites is 1. The lowest BCUT2D eigenvalue weighted by Crippen LogP contribution is -2.51. The molecular weight excluding hydrogens is 350 g/mol. The molecule has 1 fully saturated rings. The molecule has 0 aromatic heterocycles. The van der Waals surface area contributed by atoms with Gasteiger partial charge in [-0.2, -0.15) is 0 Å². The lowest BCUT2D eigenvalue weighted by atomic mass is 9.83. The maximum Gasteiger partial charge on any atom is 0.222 e. The van der Waals surface area contributed by atoms with Crippen LogP contribution in [0.25, 0.3) is 0 Å². The van der Waals surface area contributed by atoms with Crippen LogP contribution in [0.5, 0.6) is 5.75 Å². The highest BCUT2D eigenvalue weighted by Crippen LogP contribution is 2.33. The van der Waals surface area contributed by atoms with E-state index in [1.807, 2.05) is 12.1 Å². The van der Waals surface area contributed by atoms with Crippen molar-refractivity contribution < 1.29 is 9.53 Å². The Labute approximate surface area is 167 Å². The van der Waals surface area contributed by atoms with Gasteiger partial charge in [-0.3, -0.25) is 9.69 Å². The molecule has 4 rings (SSSR count). The molecule has 0 bridgehead atoms. The number of carbonyl (C=O) groups excluding carboxylic acids is 1. The molecule has 2 heterocycles. The van der Waals surface area contributed by atoms with Crippen LogP contribution < -0.4 is 15.4 Å². The van der Waals surface area contributed by atoms with E-state index in [0.717, 1.165) is 44.6 Å². The number of benzene rings is 2. The second-order valence-electron chi connectivity index (χ2n) is 7.96. The predicted molar refractivity (Wildman–Crippen MR) is 112 cm³/mol. The summed E-state index contributed by atoms with van der Waals surface area (Å²) in [5, 5.41) is 6.88. The smallest absolute Gasteiger partial charge is 0.222 e. The first-order valence-electron chi connectivity index (χ1n) is 10.1. The topological polar surface area (TPSA) is 53.6 Å². The number of hydrogen-bond acceptors (Lipinski definition) is 4. The number of anilines is 1. The van der Waals surface area contributed by atoms with E-state index in [2.05, 4.69) is 51.9 Å². The molecule has 0 atom stereocenters. The zero-order valence-electron chi connectivity index (χ0n) is 16.5. The van der Waals surface area contributed by atoms with Gasteiger partial charge in [0.15, 0.2) is 0 Å². The summed E-state index contributed by atoms with van der Waals surface area (Å²) < 4.78 is 5.25. The first-order valence-corrected chi connectivity index (χ1v) is 10.1. The highest BCUT2D eigenvalue weighted by Gasteiger charge is 2.37. The Morgan fingerprint density at radius 2 is 1.82 bits per heavy atom. The number of nitrogens with zero attached hydrogens (tertiary/aromatic N) is 1. The second-order valence-corrected chi connectivity index (χ2v) is 7.96. The number of likely N-dealkylation sites (tertiary alicyclic amines) is 1. The maximum absolute atomic E-state index is 12.5. The Bertz CT molecular complexity index is 811. The van der Waals surface area contributed by atoms with E-state index in [0.29, 0.717) is 13.0 Å². The minimum atomic E-state index is -0.166. The molecule has 1 saturated heterocycles. The van der Waals surface area contributed by atoms with Gasteiger partial charge in [0.05, 0.1) is 7.11 Å². The van der Waals surface area contributed by atoms with Crippen LogP contribution in [0.1, 0.15) is 30.4 Å². The number of piperidine rings is 1. The Morgan fingerprint density at radius 1 is 1.07 bits per heavy atom. The molecule has 1 amide bonds. The van der Waals surface area contributed by atoms with Crippen molar-refractivity contribution >= 4 is 11.6 Å². The lowest BCUT2D eigenvalue weighted by molar-refractivity contribution is -0.122. The summed E-state index contributed by atoms with van der Waals surface area (Å²) in [6, 6.07) is 16.7. The van der Waals surface area contributed by atoms with E-state index in [1.54, 1.807) is 7.11 Å². The fraction of sp³-hybridized carbons (Fsp3) is 0.435. The summed E-state index contributed by atoms with van der Waals surface area (Å²) in [5.41, 5.74) is 3.59. The van der Waals surface area contributed by atoms with Crippen LogP contribution in [0.2, 0.25) is 0 Å². The van der Waals surface area contributed by atoms with Gasteiger partial charge >= 0.3 is 0 Å². The summed E-state index contributed by atoms with van der Waals surface area (Å²) in [5.74, 6) is 1.05. The highest BCUT2D eigenvalue weighted by molar-refractivity contribution is 5.78. The molecule has 2 aliphatic heterocycles. The van der Waals surface area contributed by atoms with Crippen molar-refractivity contribution in [1.82, 2.24) is 10.2 Å². The molecular formula is C23H29N3O2. The molecule has 148 valence electrons. The Hall–Kier alpha value is -2.53. The molecule has 2 aliphatic rings. The van der Waals surface area contributed by atoms with Crippen molar-refractivity contribution in [3.63, 3.8) is 0 Å².